The van der Waals surface area contributed by atoms with Gasteiger partial charge in [-0.15, -0.1) is 0 Å². The summed E-state index contributed by atoms with van der Waals surface area (Å²) in [4.78, 5) is 10.8. The molecule has 0 saturated carbocycles. The molecule has 3 nitrogen and oxygen atoms in total. The highest BCUT2D eigenvalue weighted by atomic mass is 19.4. The van der Waals surface area contributed by atoms with Crippen LogP contribution in [-0.4, -0.2) is 5.91 Å². The van der Waals surface area contributed by atoms with Crippen molar-refractivity contribution in [2.24, 2.45) is 5.73 Å². The maximum Gasteiger partial charge on any atom is 0.416 e. The Balaban J connectivity index is 0.00000121. The standard InChI is InChI=1S/C9H9F3N2O.C2H6/c1-4-2-5(8(14)15)7(13)3-6(4)9(10,11)12;1-2/h2-3H,13H2,1H3,(H2,14,15);1-2H3. The summed E-state index contributed by atoms with van der Waals surface area (Å²) < 4.78 is 37.2. The molecule has 1 amide bonds. The second-order valence-corrected chi connectivity index (χ2v) is 3.12. The highest BCUT2D eigenvalue weighted by molar-refractivity contribution is 5.98. The molecule has 0 aromatic heterocycles. The molecule has 1 rings (SSSR count). The first-order valence-electron chi connectivity index (χ1n) is 5.00. The van der Waals surface area contributed by atoms with E-state index in [4.69, 9.17) is 11.5 Å². The van der Waals surface area contributed by atoms with Crippen molar-refractivity contribution in [1.29, 1.82) is 0 Å². The smallest absolute Gasteiger partial charge is 0.398 e. The molecule has 0 fully saturated rings. The monoisotopic (exact) mass is 248 g/mol. The number of nitrogen functional groups attached to an aromatic ring is 1. The lowest BCUT2D eigenvalue weighted by molar-refractivity contribution is -0.138. The number of benzene rings is 1. The van der Waals surface area contributed by atoms with E-state index in [2.05, 4.69) is 0 Å². The van der Waals surface area contributed by atoms with E-state index in [1.54, 1.807) is 0 Å². The van der Waals surface area contributed by atoms with Crippen molar-refractivity contribution in [3.63, 3.8) is 0 Å². The van der Waals surface area contributed by atoms with Crippen LogP contribution in [0, 0.1) is 6.92 Å². The number of alkyl halides is 3. The van der Waals surface area contributed by atoms with Crippen molar-refractivity contribution in [2.75, 3.05) is 5.73 Å². The molecular formula is C11H15F3N2O. The van der Waals surface area contributed by atoms with Gasteiger partial charge in [0.2, 0.25) is 0 Å². The number of aryl methyl sites for hydroxylation is 1. The van der Waals surface area contributed by atoms with E-state index in [0.717, 1.165) is 12.1 Å². The molecule has 0 spiro atoms. The summed E-state index contributed by atoms with van der Waals surface area (Å²) in [6, 6.07) is 1.76. The Morgan fingerprint density at radius 2 is 1.71 bits per heavy atom. The van der Waals surface area contributed by atoms with Crippen molar-refractivity contribution in [3.8, 4) is 0 Å². The third-order valence-corrected chi connectivity index (χ3v) is 1.97. The summed E-state index contributed by atoms with van der Waals surface area (Å²) in [7, 11) is 0. The summed E-state index contributed by atoms with van der Waals surface area (Å²) in [6.07, 6.45) is -4.48. The Labute approximate surface area is 97.6 Å². The Morgan fingerprint density at radius 1 is 1.24 bits per heavy atom. The number of primary amides is 1. The first kappa shape index (κ1) is 15.3. The maximum absolute atomic E-state index is 12.4. The number of carbonyl (C=O) groups excluding carboxylic acids is 1. The minimum Gasteiger partial charge on any atom is -0.398 e. The van der Waals surface area contributed by atoms with Crippen LogP contribution in [0.1, 0.15) is 35.3 Å². The van der Waals surface area contributed by atoms with Gasteiger partial charge in [0.1, 0.15) is 0 Å². The van der Waals surface area contributed by atoms with Gasteiger partial charge < -0.3 is 11.5 Å². The molecule has 0 bridgehead atoms. The second kappa shape index (κ2) is 5.56. The van der Waals surface area contributed by atoms with Crippen LogP contribution in [-0.2, 0) is 6.18 Å². The van der Waals surface area contributed by atoms with Crippen molar-refractivity contribution in [2.45, 2.75) is 26.9 Å². The molecule has 0 unspecified atom stereocenters. The number of hydrogen-bond donors (Lipinski definition) is 2. The van der Waals surface area contributed by atoms with Gasteiger partial charge >= 0.3 is 6.18 Å². The van der Waals surface area contributed by atoms with Crippen LogP contribution >= 0.6 is 0 Å². The quantitative estimate of drug-likeness (QED) is 0.750. The molecule has 1 aromatic rings. The summed E-state index contributed by atoms with van der Waals surface area (Å²) in [5.74, 6) is -0.843. The Hall–Kier alpha value is -1.72. The number of halogens is 3. The molecule has 17 heavy (non-hydrogen) atoms. The third-order valence-electron chi connectivity index (χ3n) is 1.97. The Morgan fingerprint density at radius 3 is 2.06 bits per heavy atom. The van der Waals surface area contributed by atoms with Crippen LogP contribution in [0.3, 0.4) is 0 Å². The van der Waals surface area contributed by atoms with E-state index >= 15 is 0 Å². The SMILES string of the molecule is CC.Cc1cc(C(N)=O)c(N)cc1C(F)(F)F. The normalized spacial score (nSPS) is 10.5. The number of anilines is 1. The largest absolute Gasteiger partial charge is 0.416 e. The molecule has 4 N–H and O–H groups in total. The molecule has 0 aliphatic carbocycles. The van der Waals surface area contributed by atoms with E-state index in [1.165, 1.54) is 6.92 Å². The molecular weight excluding hydrogens is 233 g/mol. The molecule has 1 aromatic carbocycles. The van der Waals surface area contributed by atoms with Crippen molar-refractivity contribution >= 4 is 11.6 Å². The van der Waals surface area contributed by atoms with Crippen LogP contribution in [0.2, 0.25) is 0 Å². The molecule has 0 atom stereocenters. The first-order chi connectivity index (χ1) is 7.73. The lowest BCUT2D eigenvalue weighted by Gasteiger charge is -2.12. The fourth-order valence-electron chi connectivity index (χ4n) is 1.24. The highest BCUT2D eigenvalue weighted by Gasteiger charge is 2.33. The lowest BCUT2D eigenvalue weighted by Crippen LogP contribution is -2.16. The molecule has 0 saturated heterocycles. The summed E-state index contributed by atoms with van der Waals surface area (Å²) in [5, 5.41) is 0. The molecule has 0 aliphatic rings. The van der Waals surface area contributed by atoms with Crippen LogP contribution in [0.15, 0.2) is 12.1 Å². The minimum atomic E-state index is -4.48. The fraction of sp³-hybridized carbons (Fsp3) is 0.364. The summed E-state index contributed by atoms with van der Waals surface area (Å²) in [5.41, 5.74) is 8.93. The summed E-state index contributed by atoms with van der Waals surface area (Å²) >= 11 is 0. The van der Waals surface area contributed by atoms with E-state index in [-0.39, 0.29) is 16.8 Å². The van der Waals surface area contributed by atoms with Gasteiger partial charge in [0.25, 0.3) is 5.91 Å². The molecule has 96 valence electrons. The van der Waals surface area contributed by atoms with Gasteiger partial charge in [0, 0.05) is 5.69 Å². The zero-order chi connectivity index (χ0) is 13.8. The summed E-state index contributed by atoms with van der Waals surface area (Å²) in [6.45, 7) is 5.24. The molecule has 0 radical (unpaired) electrons. The number of hydrogen-bond acceptors (Lipinski definition) is 2. The highest BCUT2D eigenvalue weighted by Crippen LogP contribution is 2.34. The van der Waals surface area contributed by atoms with Crippen molar-refractivity contribution < 1.29 is 18.0 Å². The minimum absolute atomic E-state index is 0.0782. The van der Waals surface area contributed by atoms with Gasteiger partial charge in [-0.05, 0) is 24.6 Å². The molecule has 6 heteroatoms. The molecule has 0 aliphatic heterocycles. The van der Waals surface area contributed by atoms with Gasteiger partial charge in [-0.3, -0.25) is 4.79 Å². The van der Waals surface area contributed by atoms with E-state index in [1.807, 2.05) is 13.8 Å². The number of rotatable bonds is 1. The lowest BCUT2D eigenvalue weighted by atomic mass is 10.0. The number of nitrogens with two attached hydrogens (primary N) is 2. The second-order valence-electron chi connectivity index (χ2n) is 3.12. The van der Waals surface area contributed by atoms with Crippen molar-refractivity contribution in [3.05, 3.63) is 28.8 Å². The predicted molar refractivity (Wildman–Crippen MR) is 60.5 cm³/mol. The average Bonchev–Trinajstić information content (AvgIpc) is 2.22. The topological polar surface area (TPSA) is 69.1 Å². The van der Waals surface area contributed by atoms with Crippen molar-refractivity contribution in [1.82, 2.24) is 0 Å². The van der Waals surface area contributed by atoms with Gasteiger partial charge in [-0.2, -0.15) is 13.2 Å². The number of carbonyl (C=O) groups is 1. The molecule has 0 heterocycles. The van der Waals surface area contributed by atoms with Gasteiger partial charge in [-0.1, -0.05) is 13.8 Å². The zero-order valence-electron chi connectivity index (χ0n) is 9.85. The van der Waals surface area contributed by atoms with Gasteiger partial charge in [0.15, 0.2) is 0 Å². The van der Waals surface area contributed by atoms with Gasteiger partial charge in [0.05, 0.1) is 11.1 Å². The zero-order valence-corrected chi connectivity index (χ0v) is 9.85. The van der Waals surface area contributed by atoms with E-state index < -0.39 is 17.6 Å². The Bertz CT molecular complexity index is 414. The predicted octanol–water partition coefficient (Wildman–Crippen LogP) is 2.72. The maximum atomic E-state index is 12.4. The third kappa shape index (κ3) is 3.65. The fourth-order valence-corrected chi connectivity index (χ4v) is 1.24. The first-order valence-corrected chi connectivity index (χ1v) is 5.00. The Kier molecular flexibility index (Phi) is 5.00. The van der Waals surface area contributed by atoms with Crippen LogP contribution < -0.4 is 11.5 Å². The van der Waals surface area contributed by atoms with Gasteiger partial charge in [-0.25, -0.2) is 0 Å². The van der Waals surface area contributed by atoms with Crippen LogP contribution in [0.4, 0.5) is 18.9 Å². The number of amides is 1. The van der Waals surface area contributed by atoms with E-state index in [9.17, 15) is 18.0 Å². The average molecular weight is 248 g/mol. The van der Waals surface area contributed by atoms with Crippen LogP contribution in [0.5, 0.6) is 0 Å². The van der Waals surface area contributed by atoms with Crippen LogP contribution in [0.25, 0.3) is 0 Å². The van der Waals surface area contributed by atoms with E-state index in [0.29, 0.717) is 0 Å².